The highest BCUT2D eigenvalue weighted by Crippen LogP contribution is 2.89. The molecule has 34 heavy (non-hydrogen) atoms. The second-order valence-electron chi connectivity index (χ2n) is 15.1. The van der Waals surface area contributed by atoms with Crippen LogP contribution in [0.5, 0.6) is 0 Å². The topological polar surface area (TPSA) is 80.9 Å². The molecule has 5 rings (SSSR count). The Bertz CT molecular complexity index is 806. The van der Waals surface area contributed by atoms with Gasteiger partial charge in [-0.25, -0.2) is 0 Å². The van der Waals surface area contributed by atoms with Gasteiger partial charge in [-0.15, -0.1) is 0 Å². The van der Waals surface area contributed by atoms with Crippen molar-refractivity contribution in [2.45, 2.75) is 130 Å². The van der Waals surface area contributed by atoms with Gasteiger partial charge in [0.15, 0.2) is 0 Å². The van der Waals surface area contributed by atoms with Crippen molar-refractivity contribution in [3.05, 3.63) is 0 Å². The fourth-order valence-corrected chi connectivity index (χ4v) is 11.3. The van der Waals surface area contributed by atoms with E-state index in [4.69, 9.17) is 0 Å². The molecule has 0 bridgehead atoms. The van der Waals surface area contributed by atoms with Crippen molar-refractivity contribution in [1.29, 1.82) is 0 Å². The van der Waals surface area contributed by atoms with Crippen LogP contribution >= 0.6 is 0 Å². The molecule has 2 spiro atoms. The zero-order chi connectivity index (χ0) is 24.9. The smallest absolute Gasteiger partial charge is 0.0849 e. The van der Waals surface area contributed by atoms with Crippen molar-refractivity contribution in [3.63, 3.8) is 0 Å². The van der Waals surface area contributed by atoms with E-state index < -0.39 is 11.7 Å². The van der Waals surface area contributed by atoms with E-state index in [0.717, 1.165) is 25.2 Å². The Morgan fingerprint density at radius 1 is 0.853 bits per heavy atom. The van der Waals surface area contributed by atoms with Crippen LogP contribution in [0.3, 0.4) is 0 Å². The van der Waals surface area contributed by atoms with Crippen LogP contribution in [0.1, 0.15) is 112 Å². The molecule has 4 heteroatoms. The van der Waals surface area contributed by atoms with Gasteiger partial charge >= 0.3 is 0 Å². The molecule has 0 unspecified atom stereocenters. The molecule has 5 saturated carbocycles. The zero-order valence-corrected chi connectivity index (χ0v) is 22.7. The summed E-state index contributed by atoms with van der Waals surface area (Å²) in [6.45, 7) is 13.3. The minimum Gasteiger partial charge on any atom is -0.396 e. The summed E-state index contributed by atoms with van der Waals surface area (Å²) >= 11 is 0. The van der Waals surface area contributed by atoms with E-state index in [1.807, 2.05) is 0 Å². The van der Waals surface area contributed by atoms with E-state index >= 15 is 0 Å². The molecule has 5 aliphatic rings. The van der Waals surface area contributed by atoms with Gasteiger partial charge in [-0.1, -0.05) is 27.7 Å². The summed E-state index contributed by atoms with van der Waals surface area (Å²) in [5.74, 6) is 2.49. The van der Waals surface area contributed by atoms with Crippen molar-refractivity contribution in [1.82, 2.24) is 0 Å². The average Bonchev–Trinajstić information content (AvgIpc) is 3.36. The molecule has 0 aromatic heterocycles. The molecule has 0 heterocycles. The number of hydrogen-bond donors (Lipinski definition) is 4. The molecule has 5 fully saturated rings. The van der Waals surface area contributed by atoms with Crippen molar-refractivity contribution in [2.24, 2.45) is 50.7 Å². The van der Waals surface area contributed by atoms with Crippen molar-refractivity contribution >= 4 is 0 Å². The first-order valence-corrected chi connectivity index (χ1v) is 14.4. The summed E-state index contributed by atoms with van der Waals surface area (Å²) in [4.78, 5) is 0. The van der Waals surface area contributed by atoms with Crippen LogP contribution in [0, 0.1) is 50.7 Å². The maximum absolute atomic E-state index is 10.9. The Kier molecular flexibility index (Phi) is 5.76. The molecule has 4 N–H and O–H groups in total. The highest BCUT2D eigenvalue weighted by molar-refractivity contribution is 5.30. The minimum atomic E-state index is -1.03. The van der Waals surface area contributed by atoms with Crippen LogP contribution in [0.15, 0.2) is 0 Å². The highest BCUT2D eigenvalue weighted by Gasteiger charge is 2.82. The van der Waals surface area contributed by atoms with Crippen molar-refractivity contribution in [2.75, 3.05) is 6.61 Å². The van der Waals surface area contributed by atoms with Gasteiger partial charge < -0.3 is 20.4 Å². The van der Waals surface area contributed by atoms with Crippen LogP contribution in [0.2, 0.25) is 0 Å². The van der Waals surface area contributed by atoms with E-state index in [0.29, 0.717) is 45.8 Å². The summed E-state index contributed by atoms with van der Waals surface area (Å²) < 4.78 is 0. The van der Waals surface area contributed by atoms with Crippen LogP contribution in [-0.4, -0.2) is 44.8 Å². The molecule has 0 saturated heterocycles. The van der Waals surface area contributed by atoms with Crippen LogP contribution in [-0.2, 0) is 0 Å². The lowest BCUT2D eigenvalue weighted by molar-refractivity contribution is -0.174. The Labute approximate surface area is 207 Å². The van der Waals surface area contributed by atoms with E-state index in [1.54, 1.807) is 13.8 Å². The average molecular weight is 477 g/mol. The third kappa shape index (κ3) is 3.04. The molecular formula is C30H52O4. The summed E-state index contributed by atoms with van der Waals surface area (Å²) in [7, 11) is 0. The van der Waals surface area contributed by atoms with Gasteiger partial charge in [0, 0.05) is 5.41 Å². The summed E-state index contributed by atoms with van der Waals surface area (Å²) in [6.07, 6.45) is 11.7. The molecule has 0 radical (unpaired) electrons. The van der Waals surface area contributed by atoms with E-state index in [9.17, 15) is 20.4 Å². The highest BCUT2D eigenvalue weighted by atomic mass is 16.3. The first kappa shape index (κ1) is 25.5. The van der Waals surface area contributed by atoms with Crippen LogP contribution in [0.25, 0.3) is 0 Å². The van der Waals surface area contributed by atoms with Crippen LogP contribution in [0.4, 0.5) is 0 Å². The number of fused-ring (bicyclic) bond motifs is 2. The molecule has 5 aliphatic carbocycles. The van der Waals surface area contributed by atoms with Crippen molar-refractivity contribution < 1.29 is 20.4 Å². The largest absolute Gasteiger partial charge is 0.396 e. The fraction of sp³-hybridized carbons (Fsp3) is 1.00. The lowest BCUT2D eigenvalue weighted by Gasteiger charge is -2.63. The lowest BCUT2D eigenvalue weighted by Crippen LogP contribution is -2.59. The Morgan fingerprint density at radius 2 is 1.50 bits per heavy atom. The molecule has 0 amide bonds. The Morgan fingerprint density at radius 3 is 2.15 bits per heavy atom. The number of aliphatic hydroxyl groups is 4. The summed E-state index contributed by atoms with van der Waals surface area (Å²) in [5.41, 5.74) is 0.142. The van der Waals surface area contributed by atoms with Crippen LogP contribution < -0.4 is 0 Å². The van der Waals surface area contributed by atoms with Gasteiger partial charge in [-0.3, -0.25) is 0 Å². The van der Waals surface area contributed by atoms with E-state index in [-0.39, 0.29) is 18.1 Å². The third-order valence-electron chi connectivity index (χ3n) is 13.7. The van der Waals surface area contributed by atoms with E-state index in [2.05, 4.69) is 27.7 Å². The van der Waals surface area contributed by atoms with Gasteiger partial charge in [0.05, 0.1) is 24.4 Å². The predicted octanol–water partition coefficient (Wildman–Crippen LogP) is 5.31. The van der Waals surface area contributed by atoms with E-state index in [1.165, 1.54) is 44.9 Å². The number of rotatable bonds is 6. The van der Waals surface area contributed by atoms with Gasteiger partial charge in [0.25, 0.3) is 0 Å². The first-order chi connectivity index (χ1) is 15.7. The molecule has 11 atom stereocenters. The van der Waals surface area contributed by atoms with Gasteiger partial charge in [-0.2, -0.15) is 0 Å². The molecule has 0 aromatic rings. The maximum atomic E-state index is 10.9. The predicted molar refractivity (Wildman–Crippen MR) is 135 cm³/mol. The van der Waals surface area contributed by atoms with Crippen molar-refractivity contribution in [3.8, 4) is 0 Å². The summed E-state index contributed by atoms with van der Waals surface area (Å²) in [5, 5.41) is 41.9. The number of hydrogen-bond acceptors (Lipinski definition) is 4. The number of aliphatic hydroxyl groups excluding tert-OH is 3. The second-order valence-corrected chi connectivity index (χ2v) is 15.1. The SMILES string of the molecule is C[C@H](CC[C@H](O)C(C)(C)O)[C@H]1CC[C@@]2(C)[C@@H]3CC[C@H]4[C@](C)(CO)[C@H](O)CC[C@@]45C[C@@]35CC[C@]12C. The second kappa shape index (κ2) is 7.68. The quantitative estimate of drug-likeness (QED) is 0.419. The maximum Gasteiger partial charge on any atom is 0.0849 e. The molecule has 196 valence electrons. The molecule has 4 nitrogen and oxygen atoms in total. The first-order valence-electron chi connectivity index (χ1n) is 14.4. The standard InChI is InChI=1S/C30H52O4/c1-19(7-10-23(32)25(2,3)34)20-11-13-28(6)22-9-8-21-26(4,18-31)24(33)12-14-29(21)17-30(22,29)16-15-27(20,28)5/h19-24,31-34H,7-18H2,1-6H3/t19-,20-,21+,22+,23+,24-,26+,27-,28+,29-,30+/m1/s1. The lowest BCUT2D eigenvalue weighted by atomic mass is 9.41. The van der Waals surface area contributed by atoms with Gasteiger partial charge in [0.2, 0.25) is 0 Å². The molecular weight excluding hydrogens is 424 g/mol. The monoisotopic (exact) mass is 476 g/mol. The van der Waals surface area contributed by atoms with Gasteiger partial charge in [-0.05, 0) is 130 Å². The van der Waals surface area contributed by atoms with Gasteiger partial charge in [0.1, 0.15) is 0 Å². The summed E-state index contributed by atoms with van der Waals surface area (Å²) in [6, 6.07) is 0. The fourth-order valence-electron chi connectivity index (χ4n) is 11.3. The third-order valence-corrected chi connectivity index (χ3v) is 13.7. The molecule has 0 aromatic carbocycles. The Hall–Kier alpha value is -0.160. The normalized spacial score (nSPS) is 53.8. The minimum absolute atomic E-state index is 0.117. The Balaban J connectivity index is 1.37. The molecule has 0 aliphatic heterocycles. The zero-order valence-electron chi connectivity index (χ0n) is 22.7.